The lowest BCUT2D eigenvalue weighted by Gasteiger charge is -2.00. The molecule has 0 aromatic rings. The van der Waals surface area contributed by atoms with Crippen LogP contribution in [0.1, 0.15) is 20.3 Å². The first-order valence-corrected chi connectivity index (χ1v) is 5.32. The van der Waals surface area contributed by atoms with Crippen molar-refractivity contribution in [2.75, 3.05) is 18.1 Å². The molecule has 0 aliphatic rings. The quantitative estimate of drug-likeness (QED) is 0.271. The summed E-state index contributed by atoms with van der Waals surface area (Å²) in [5.41, 5.74) is 0. The predicted octanol–water partition coefficient (Wildman–Crippen LogP) is 1.19. The second-order valence-electron chi connectivity index (χ2n) is 2.25. The summed E-state index contributed by atoms with van der Waals surface area (Å²) in [6.07, 6.45) is 0.741. The van der Waals surface area contributed by atoms with Crippen molar-refractivity contribution in [1.29, 1.82) is 0 Å². The number of thioether (sulfide) groups is 1. The average molecular weight is 206 g/mol. The van der Waals surface area contributed by atoms with Crippen LogP contribution in [0.3, 0.4) is 0 Å². The van der Waals surface area contributed by atoms with Gasteiger partial charge >= 0.3 is 5.97 Å². The molecule has 0 rings (SSSR count). The molecule has 0 atom stereocenters. The highest BCUT2D eigenvalue weighted by atomic mass is 32.2. The van der Waals surface area contributed by atoms with Gasteiger partial charge in [-0.1, -0.05) is 13.8 Å². The highest BCUT2D eigenvalue weighted by Gasteiger charge is 2.15. The minimum absolute atomic E-state index is 0.158. The molecule has 0 aromatic carbocycles. The third kappa shape index (κ3) is 6.60. The van der Waals surface area contributed by atoms with Crippen LogP contribution < -0.4 is 0 Å². The zero-order valence-corrected chi connectivity index (χ0v) is 8.69. The van der Waals surface area contributed by atoms with Crippen LogP contribution in [0.5, 0.6) is 0 Å². The lowest BCUT2D eigenvalue weighted by molar-refractivity contribution is -0.268. The van der Waals surface area contributed by atoms with Gasteiger partial charge in [-0.15, -0.1) is 0 Å². The van der Waals surface area contributed by atoms with Crippen LogP contribution in [0.25, 0.3) is 0 Å². The van der Waals surface area contributed by atoms with Gasteiger partial charge in [0.2, 0.25) is 0 Å². The van der Waals surface area contributed by atoms with Crippen molar-refractivity contribution < 1.29 is 19.4 Å². The Bertz CT molecular complexity index is 170. The van der Waals surface area contributed by atoms with Crippen LogP contribution >= 0.6 is 11.8 Å². The second kappa shape index (κ2) is 8.07. The molecule has 0 saturated heterocycles. The van der Waals surface area contributed by atoms with Crippen molar-refractivity contribution in [3.63, 3.8) is 0 Å². The molecule has 0 heterocycles. The Hall–Kier alpha value is -0.550. The molecular weight excluding hydrogens is 192 g/mol. The van der Waals surface area contributed by atoms with E-state index in [4.69, 9.17) is 0 Å². The molecule has 0 aromatic heterocycles. The van der Waals surface area contributed by atoms with Crippen LogP contribution in [-0.2, 0) is 19.4 Å². The predicted molar refractivity (Wildman–Crippen MR) is 50.3 cm³/mol. The normalized spacial score (nSPS) is 9.69. The standard InChI is InChI=1S/C8H14O4S/c1-3-5-11-12-8(10)7(9)6-13-4-2/h3-6H2,1-2H3. The van der Waals surface area contributed by atoms with Gasteiger partial charge in [-0.25, -0.2) is 4.79 Å². The third-order valence-electron chi connectivity index (χ3n) is 1.09. The summed E-state index contributed by atoms with van der Waals surface area (Å²) in [7, 11) is 0. The SMILES string of the molecule is CCCOOC(=O)C(=O)CSCC. The van der Waals surface area contributed by atoms with E-state index < -0.39 is 11.8 Å². The monoisotopic (exact) mass is 206 g/mol. The molecule has 0 fully saturated rings. The van der Waals surface area contributed by atoms with Crippen LogP contribution in [-0.4, -0.2) is 29.9 Å². The zero-order valence-electron chi connectivity index (χ0n) is 7.87. The number of hydrogen-bond acceptors (Lipinski definition) is 5. The van der Waals surface area contributed by atoms with Gasteiger partial charge in [0.25, 0.3) is 5.78 Å². The highest BCUT2D eigenvalue weighted by Crippen LogP contribution is 1.99. The summed E-state index contributed by atoms with van der Waals surface area (Å²) in [5.74, 6) is -0.503. The average Bonchev–Trinajstić information content (AvgIpc) is 2.14. The largest absolute Gasteiger partial charge is 0.409 e. The fourth-order valence-electron chi connectivity index (χ4n) is 0.479. The Morgan fingerprint density at radius 3 is 2.54 bits per heavy atom. The molecule has 0 spiro atoms. The lowest BCUT2D eigenvalue weighted by Crippen LogP contribution is -2.19. The maximum Gasteiger partial charge on any atom is 0.409 e. The number of ketones is 1. The minimum atomic E-state index is -0.908. The van der Waals surface area contributed by atoms with Crippen LogP contribution in [0.15, 0.2) is 0 Å². The first-order valence-electron chi connectivity index (χ1n) is 4.16. The molecule has 0 amide bonds. The van der Waals surface area contributed by atoms with E-state index in [9.17, 15) is 9.59 Å². The number of carbonyl (C=O) groups is 2. The van der Waals surface area contributed by atoms with Gasteiger partial charge in [-0.2, -0.15) is 16.6 Å². The van der Waals surface area contributed by atoms with E-state index in [1.807, 2.05) is 13.8 Å². The van der Waals surface area contributed by atoms with E-state index in [0.29, 0.717) is 6.61 Å². The molecule has 0 bridgehead atoms. The Labute approximate surface area is 81.9 Å². The van der Waals surface area contributed by atoms with E-state index in [-0.39, 0.29) is 5.75 Å². The fraction of sp³-hybridized carbons (Fsp3) is 0.750. The number of Topliss-reactive ketones (excluding diaryl/α,β-unsaturated/α-hetero) is 1. The summed E-state index contributed by atoms with van der Waals surface area (Å²) >= 11 is 1.38. The topological polar surface area (TPSA) is 52.6 Å². The molecule has 0 N–H and O–H groups in total. The maximum absolute atomic E-state index is 10.9. The van der Waals surface area contributed by atoms with E-state index in [1.54, 1.807) is 0 Å². The van der Waals surface area contributed by atoms with Gasteiger partial charge in [-0.3, -0.25) is 9.68 Å². The molecule has 13 heavy (non-hydrogen) atoms. The first kappa shape index (κ1) is 12.4. The van der Waals surface area contributed by atoms with Crippen molar-refractivity contribution in [3.8, 4) is 0 Å². The zero-order chi connectivity index (χ0) is 10.1. The van der Waals surface area contributed by atoms with Gasteiger partial charge in [0, 0.05) is 0 Å². The molecule has 0 radical (unpaired) electrons. The fourth-order valence-corrected chi connectivity index (χ4v) is 0.986. The molecule has 76 valence electrons. The summed E-state index contributed by atoms with van der Waals surface area (Å²) in [5, 5.41) is 0. The Morgan fingerprint density at radius 1 is 1.31 bits per heavy atom. The van der Waals surface area contributed by atoms with E-state index in [0.717, 1.165) is 12.2 Å². The molecule has 0 aliphatic heterocycles. The first-order chi connectivity index (χ1) is 6.22. The maximum atomic E-state index is 10.9. The van der Waals surface area contributed by atoms with Crippen LogP contribution in [0.4, 0.5) is 0 Å². The molecule has 5 heteroatoms. The van der Waals surface area contributed by atoms with Gasteiger partial charge in [0.05, 0.1) is 12.4 Å². The van der Waals surface area contributed by atoms with Gasteiger partial charge in [-0.05, 0) is 12.2 Å². The lowest BCUT2D eigenvalue weighted by atomic mass is 10.5. The summed E-state index contributed by atoms with van der Waals surface area (Å²) in [6.45, 7) is 4.11. The third-order valence-corrected chi connectivity index (χ3v) is 1.96. The Morgan fingerprint density at radius 2 is 2.00 bits per heavy atom. The summed E-state index contributed by atoms with van der Waals surface area (Å²) < 4.78 is 0. The molecule has 0 saturated carbocycles. The summed E-state index contributed by atoms with van der Waals surface area (Å²) in [4.78, 5) is 30.4. The number of hydrogen-bond donors (Lipinski definition) is 0. The summed E-state index contributed by atoms with van der Waals surface area (Å²) in [6, 6.07) is 0. The Kier molecular flexibility index (Phi) is 7.73. The van der Waals surface area contributed by atoms with Crippen molar-refractivity contribution in [3.05, 3.63) is 0 Å². The van der Waals surface area contributed by atoms with Crippen molar-refractivity contribution in [2.24, 2.45) is 0 Å². The van der Waals surface area contributed by atoms with E-state index >= 15 is 0 Å². The molecular formula is C8H14O4S. The van der Waals surface area contributed by atoms with E-state index in [2.05, 4.69) is 9.78 Å². The molecule has 4 nitrogen and oxygen atoms in total. The van der Waals surface area contributed by atoms with Gasteiger partial charge in [0.1, 0.15) is 0 Å². The van der Waals surface area contributed by atoms with Crippen LogP contribution in [0.2, 0.25) is 0 Å². The van der Waals surface area contributed by atoms with Crippen molar-refractivity contribution in [1.82, 2.24) is 0 Å². The van der Waals surface area contributed by atoms with Crippen molar-refractivity contribution in [2.45, 2.75) is 20.3 Å². The number of carbonyl (C=O) groups excluding carboxylic acids is 2. The second-order valence-corrected chi connectivity index (χ2v) is 3.53. The molecule has 0 unspecified atom stereocenters. The van der Waals surface area contributed by atoms with Crippen molar-refractivity contribution >= 4 is 23.5 Å². The van der Waals surface area contributed by atoms with Gasteiger partial charge in [0.15, 0.2) is 0 Å². The van der Waals surface area contributed by atoms with E-state index in [1.165, 1.54) is 11.8 Å². The van der Waals surface area contributed by atoms with Crippen LogP contribution in [0, 0.1) is 0 Å². The highest BCUT2D eigenvalue weighted by molar-refractivity contribution is 8.00. The van der Waals surface area contributed by atoms with Gasteiger partial charge < -0.3 is 0 Å². The smallest absolute Gasteiger partial charge is 0.289 e. The molecule has 0 aliphatic carbocycles. The minimum Gasteiger partial charge on any atom is -0.289 e. The Balaban J connectivity index is 3.51. The number of rotatable bonds is 7.